The van der Waals surface area contributed by atoms with Crippen molar-refractivity contribution in [3.8, 4) is 10.6 Å². The van der Waals surface area contributed by atoms with E-state index in [-0.39, 0.29) is 0 Å². The fraction of sp³-hybridized carbons (Fsp3) is 0.333. The third kappa shape index (κ3) is 4.21. The Bertz CT molecular complexity index is 776. The van der Waals surface area contributed by atoms with E-state index < -0.39 is 0 Å². The van der Waals surface area contributed by atoms with Crippen molar-refractivity contribution in [1.29, 1.82) is 0 Å². The molecule has 0 saturated heterocycles. The van der Waals surface area contributed by atoms with Crippen LogP contribution in [0.25, 0.3) is 10.6 Å². The summed E-state index contributed by atoms with van der Waals surface area (Å²) in [5, 5.41) is 9.02. The van der Waals surface area contributed by atoms with Crippen LogP contribution in [0.3, 0.4) is 0 Å². The van der Waals surface area contributed by atoms with Gasteiger partial charge in [-0.15, -0.1) is 0 Å². The monoisotopic (exact) mass is 341 g/mol. The van der Waals surface area contributed by atoms with Crippen molar-refractivity contribution >= 4 is 16.5 Å². The number of nitrogens with one attached hydrogen (secondary N) is 1. The lowest BCUT2D eigenvalue weighted by molar-refractivity contribution is 0.373. The molecule has 0 spiro atoms. The number of likely N-dealkylation sites (N-methyl/N-ethyl adjacent to an activating group) is 1. The van der Waals surface area contributed by atoms with E-state index >= 15 is 0 Å². The highest BCUT2D eigenvalue weighted by molar-refractivity contribution is 7.19. The predicted octanol–water partition coefficient (Wildman–Crippen LogP) is 3.49. The molecule has 2 aromatic heterocycles. The van der Waals surface area contributed by atoms with Crippen molar-refractivity contribution < 1.29 is 0 Å². The van der Waals surface area contributed by atoms with Crippen LogP contribution in [0.2, 0.25) is 0 Å². The van der Waals surface area contributed by atoms with Gasteiger partial charge in [-0.1, -0.05) is 41.7 Å². The van der Waals surface area contributed by atoms with Crippen LogP contribution < -0.4 is 5.32 Å². The Morgan fingerprint density at radius 3 is 2.71 bits per heavy atom. The van der Waals surface area contributed by atoms with Crippen molar-refractivity contribution in [2.75, 3.05) is 26.0 Å². The van der Waals surface area contributed by atoms with E-state index in [1.165, 1.54) is 5.56 Å². The third-order valence-electron chi connectivity index (χ3n) is 3.73. The van der Waals surface area contributed by atoms with E-state index in [1.54, 1.807) is 11.3 Å². The topological polar surface area (TPSA) is 46.0 Å². The molecule has 0 atom stereocenters. The summed E-state index contributed by atoms with van der Waals surface area (Å²) in [7, 11) is 4.14. The molecular weight excluding hydrogens is 318 g/mol. The maximum Gasteiger partial charge on any atom is 0.183 e. The average Bonchev–Trinajstić information content (AvgIpc) is 3.18. The molecule has 0 unspecified atom stereocenters. The fourth-order valence-corrected chi connectivity index (χ4v) is 3.32. The summed E-state index contributed by atoms with van der Waals surface area (Å²) in [6.45, 7) is 4.69. The second-order valence-corrected chi connectivity index (χ2v) is 7.04. The quantitative estimate of drug-likeness (QED) is 0.714. The minimum atomic E-state index is 0.782. The largest absolute Gasteiger partial charge is 0.357 e. The first-order chi connectivity index (χ1) is 11.6. The smallest absolute Gasteiger partial charge is 0.183 e. The molecule has 1 N–H and O–H groups in total. The first-order valence-electron chi connectivity index (χ1n) is 8.05. The lowest BCUT2D eigenvalue weighted by Gasteiger charge is -2.08. The molecule has 2 heterocycles. The lowest BCUT2D eigenvalue weighted by Crippen LogP contribution is -2.18. The van der Waals surface area contributed by atoms with Crippen LogP contribution in [-0.4, -0.2) is 40.3 Å². The van der Waals surface area contributed by atoms with Gasteiger partial charge >= 0.3 is 0 Å². The maximum atomic E-state index is 4.68. The van der Waals surface area contributed by atoms with Crippen LogP contribution in [0.1, 0.15) is 11.3 Å². The first-order valence-corrected chi connectivity index (χ1v) is 8.87. The Kier molecular flexibility index (Phi) is 5.27. The molecule has 5 nitrogen and oxygen atoms in total. The Morgan fingerprint density at radius 1 is 1.17 bits per heavy atom. The number of rotatable bonds is 7. The molecule has 3 aromatic rings. The molecule has 0 saturated carbocycles. The summed E-state index contributed by atoms with van der Waals surface area (Å²) in [6, 6.07) is 12.4. The maximum absolute atomic E-state index is 4.68. The van der Waals surface area contributed by atoms with Gasteiger partial charge in [0.1, 0.15) is 5.69 Å². The van der Waals surface area contributed by atoms with Gasteiger partial charge in [-0.25, -0.2) is 4.98 Å². The minimum absolute atomic E-state index is 0.782. The first kappa shape index (κ1) is 16.7. The number of nitrogens with zero attached hydrogens (tertiary/aromatic N) is 4. The number of aromatic nitrogens is 3. The molecule has 0 aliphatic heterocycles. The van der Waals surface area contributed by atoms with E-state index in [1.807, 2.05) is 23.9 Å². The van der Waals surface area contributed by atoms with Crippen LogP contribution in [0, 0.1) is 6.92 Å². The van der Waals surface area contributed by atoms with Crippen LogP contribution in [0.5, 0.6) is 0 Å². The fourth-order valence-electron chi connectivity index (χ4n) is 2.39. The Morgan fingerprint density at radius 2 is 1.96 bits per heavy atom. The zero-order valence-corrected chi connectivity index (χ0v) is 15.2. The molecule has 126 valence electrons. The molecule has 0 fully saturated rings. The summed E-state index contributed by atoms with van der Waals surface area (Å²) < 4.78 is 1.99. The standard InChI is InChI=1S/C18H23N5S/c1-14-17(16-9-10-23(21-16)12-11-22(2)3)24-18(20-14)19-13-15-7-5-4-6-8-15/h4-10H,11-13H2,1-3H3,(H,19,20). The molecule has 0 radical (unpaired) electrons. The van der Waals surface area contributed by atoms with Gasteiger partial charge in [0.05, 0.1) is 17.1 Å². The number of anilines is 1. The molecule has 0 aliphatic carbocycles. The molecule has 1 aromatic carbocycles. The van der Waals surface area contributed by atoms with E-state index in [2.05, 4.69) is 64.7 Å². The van der Waals surface area contributed by atoms with Gasteiger partial charge in [-0.3, -0.25) is 4.68 Å². The normalized spacial score (nSPS) is 11.2. The van der Waals surface area contributed by atoms with Crippen LogP contribution in [0.15, 0.2) is 42.6 Å². The second kappa shape index (κ2) is 7.59. The highest BCUT2D eigenvalue weighted by Crippen LogP contribution is 2.31. The van der Waals surface area contributed by atoms with E-state index in [0.29, 0.717) is 0 Å². The summed E-state index contributed by atoms with van der Waals surface area (Å²) >= 11 is 1.66. The van der Waals surface area contributed by atoms with Gasteiger partial charge in [0, 0.05) is 19.3 Å². The average molecular weight is 341 g/mol. The van der Waals surface area contributed by atoms with Crippen LogP contribution >= 0.6 is 11.3 Å². The molecule has 6 heteroatoms. The second-order valence-electron chi connectivity index (χ2n) is 6.04. The van der Waals surface area contributed by atoms with Crippen LogP contribution in [-0.2, 0) is 13.1 Å². The zero-order valence-electron chi connectivity index (χ0n) is 14.4. The molecular formula is C18H23N5S. The van der Waals surface area contributed by atoms with Gasteiger partial charge in [0.25, 0.3) is 0 Å². The lowest BCUT2D eigenvalue weighted by atomic mass is 10.2. The van der Waals surface area contributed by atoms with E-state index in [0.717, 1.165) is 41.0 Å². The van der Waals surface area contributed by atoms with Crippen molar-refractivity contribution in [3.05, 3.63) is 53.9 Å². The van der Waals surface area contributed by atoms with Crippen molar-refractivity contribution in [2.24, 2.45) is 0 Å². The van der Waals surface area contributed by atoms with Gasteiger partial charge in [0.2, 0.25) is 0 Å². The van der Waals surface area contributed by atoms with Gasteiger partial charge in [0.15, 0.2) is 5.13 Å². The Labute approximate surface area is 147 Å². The van der Waals surface area contributed by atoms with Gasteiger partial charge < -0.3 is 10.2 Å². The number of aryl methyl sites for hydroxylation is 1. The molecule has 0 bridgehead atoms. The Hall–Kier alpha value is -2.18. The number of hydrogen-bond donors (Lipinski definition) is 1. The summed E-state index contributed by atoms with van der Waals surface area (Å²) in [4.78, 5) is 7.93. The summed E-state index contributed by atoms with van der Waals surface area (Å²) in [5.74, 6) is 0. The van der Waals surface area contributed by atoms with Crippen LogP contribution in [0.4, 0.5) is 5.13 Å². The number of hydrogen-bond acceptors (Lipinski definition) is 5. The zero-order chi connectivity index (χ0) is 16.9. The minimum Gasteiger partial charge on any atom is -0.357 e. The van der Waals surface area contributed by atoms with Crippen molar-refractivity contribution in [1.82, 2.24) is 19.7 Å². The van der Waals surface area contributed by atoms with E-state index in [9.17, 15) is 0 Å². The SMILES string of the molecule is Cc1nc(NCc2ccccc2)sc1-c1ccn(CCN(C)C)n1. The van der Waals surface area contributed by atoms with Gasteiger partial charge in [-0.2, -0.15) is 5.10 Å². The molecule has 3 rings (SSSR count). The van der Waals surface area contributed by atoms with Gasteiger partial charge in [-0.05, 0) is 32.6 Å². The Balaban J connectivity index is 1.67. The third-order valence-corrected chi connectivity index (χ3v) is 4.87. The summed E-state index contributed by atoms with van der Waals surface area (Å²) in [6.07, 6.45) is 2.04. The van der Waals surface area contributed by atoms with E-state index in [4.69, 9.17) is 0 Å². The molecule has 0 aliphatic rings. The van der Waals surface area contributed by atoms with Crippen molar-refractivity contribution in [2.45, 2.75) is 20.0 Å². The number of benzene rings is 1. The van der Waals surface area contributed by atoms with Crippen molar-refractivity contribution in [3.63, 3.8) is 0 Å². The highest BCUT2D eigenvalue weighted by atomic mass is 32.1. The molecule has 0 amide bonds. The summed E-state index contributed by atoms with van der Waals surface area (Å²) in [5.41, 5.74) is 3.27. The molecule has 24 heavy (non-hydrogen) atoms. The highest BCUT2D eigenvalue weighted by Gasteiger charge is 2.12. The predicted molar refractivity (Wildman–Crippen MR) is 100 cm³/mol. The number of thiazole rings is 1.